The van der Waals surface area contributed by atoms with Crippen molar-refractivity contribution < 1.29 is 15.0 Å². The number of carbonyl (C=O) groups excluding carboxylic acids is 1. The number of aliphatic hydroxyl groups excluding tert-OH is 2. The van der Waals surface area contributed by atoms with Crippen LogP contribution in [0.15, 0.2) is 63.7 Å². The van der Waals surface area contributed by atoms with Crippen LogP contribution in [-0.4, -0.2) is 40.1 Å². The average molecular weight is 428 g/mol. The highest BCUT2D eigenvalue weighted by atomic mass is 32.2. The lowest BCUT2D eigenvalue weighted by Gasteiger charge is -2.20. The highest BCUT2D eigenvalue weighted by molar-refractivity contribution is 8.00. The number of aliphatic hydroxyl groups is 2. The van der Waals surface area contributed by atoms with Crippen LogP contribution in [-0.2, 0) is 0 Å². The fourth-order valence-corrected chi connectivity index (χ4v) is 4.58. The summed E-state index contributed by atoms with van der Waals surface area (Å²) in [6, 6.07) is 14.2. The van der Waals surface area contributed by atoms with Gasteiger partial charge in [0.1, 0.15) is 0 Å². The van der Waals surface area contributed by atoms with Gasteiger partial charge >= 0.3 is 0 Å². The second-order valence-electron chi connectivity index (χ2n) is 7.62. The van der Waals surface area contributed by atoms with E-state index < -0.39 is 12.1 Å². The van der Waals surface area contributed by atoms with Gasteiger partial charge in [-0.3, -0.25) is 4.79 Å². The predicted octanol–water partition coefficient (Wildman–Crippen LogP) is 5.00. The predicted molar refractivity (Wildman–Crippen MR) is 120 cm³/mol. The zero-order valence-electron chi connectivity index (χ0n) is 17.2. The van der Waals surface area contributed by atoms with E-state index in [1.807, 2.05) is 23.9 Å². The smallest absolute Gasteiger partial charge is 0.251 e. The van der Waals surface area contributed by atoms with Gasteiger partial charge in [0.25, 0.3) is 5.91 Å². The number of benzene rings is 2. The first-order valence-electron chi connectivity index (χ1n) is 10.4. The van der Waals surface area contributed by atoms with E-state index in [2.05, 4.69) is 27.7 Å². The normalized spacial score (nSPS) is 17.0. The van der Waals surface area contributed by atoms with Crippen molar-refractivity contribution >= 4 is 29.0 Å². The molecule has 160 valence electrons. The van der Waals surface area contributed by atoms with E-state index in [4.69, 9.17) is 0 Å². The van der Waals surface area contributed by atoms with E-state index in [0.717, 1.165) is 10.9 Å². The molecule has 0 aromatic heterocycles. The molecule has 1 saturated carbocycles. The molecule has 1 amide bonds. The van der Waals surface area contributed by atoms with E-state index >= 15 is 0 Å². The van der Waals surface area contributed by atoms with Gasteiger partial charge in [-0.2, -0.15) is 10.2 Å². The van der Waals surface area contributed by atoms with E-state index in [9.17, 15) is 15.0 Å². The Bertz CT molecular complexity index is 832. The third-order valence-electron chi connectivity index (χ3n) is 5.20. The van der Waals surface area contributed by atoms with Crippen LogP contribution in [0.2, 0.25) is 0 Å². The zero-order valence-corrected chi connectivity index (χ0v) is 18.0. The molecular formula is C23H29N3O3S. The van der Waals surface area contributed by atoms with E-state index in [-0.39, 0.29) is 12.5 Å². The van der Waals surface area contributed by atoms with Crippen molar-refractivity contribution in [2.45, 2.75) is 61.3 Å². The number of thioether (sulfide) groups is 1. The van der Waals surface area contributed by atoms with Crippen molar-refractivity contribution in [2.75, 3.05) is 6.61 Å². The van der Waals surface area contributed by atoms with Gasteiger partial charge in [0, 0.05) is 15.7 Å². The lowest BCUT2D eigenvalue weighted by atomic mass is 10.0. The second-order valence-corrected chi connectivity index (χ2v) is 9.00. The van der Waals surface area contributed by atoms with E-state index in [1.165, 1.54) is 43.9 Å². The largest absolute Gasteiger partial charge is 0.394 e. The highest BCUT2D eigenvalue weighted by Crippen LogP contribution is 2.34. The van der Waals surface area contributed by atoms with Gasteiger partial charge in [0.05, 0.1) is 30.1 Å². The average Bonchev–Trinajstić information content (AvgIpc) is 2.77. The van der Waals surface area contributed by atoms with Crippen LogP contribution in [0.3, 0.4) is 0 Å². The molecule has 0 radical (unpaired) electrons. The molecule has 30 heavy (non-hydrogen) atoms. The highest BCUT2D eigenvalue weighted by Gasteiger charge is 2.17. The Kier molecular flexibility index (Phi) is 8.42. The minimum absolute atomic E-state index is 0.326. The van der Waals surface area contributed by atoms with Crippen molar-refractivity contribution in [2.24, 2.45) is 10.2 Å². The number of rotatable bonds is 8. The molecule has 0 aliphatic heterocycles. The number of hydrogen-bond donors (Lipinski definition) is 3. The Morgan fingerprint density at radius 2 is 1.60 bits per heavy atom. The summed E-state index contributed by atoms with van der Waals surface area (Å²) in [5, 5.41) is 30.6. The fraction of sp³-hybridized carbons (Fsp3) is 0.435. The van der Waals surface area contributed by atoms with Gasteiger partial charge in [-0.05, 0) is 68.3 Å². The van der Waals surface area contributed by atoms with Gasteiger partial charge in [-0.15, -0.1) is 11.8 Å². The van der Waals surface area contributed by atoms with Crippen LogP contribution in [0, 0.1) is 0 Å². The molecule has 0 bridgehead atoms. The topological polar surface area (TPSA) is 94.3 Å². The zero-order chi connectivity index (χ0) is 21.3. The molecule has 0 unspecified atom stereocenters. The number of azo groups is 1. The Hall–Kier alpha value is -2.22. The second kappa shape index (κ2) is 11.2. The molecule has 0 saturated heterocycles. The van der Waals surface area contributed by atoms with Crippen molar-refractivity contribution in [3.05, 3.63) is 54.1 Å². The minimum atomic E-state index is -0.834. The fourth-order valence-electron chi connectivity index (χ4n) is 3.33. The Morgan fingerprint density at radius 1 is 1.03 bits per heavy atom. The number of nitrogens with one attached hydrogen (secondary N) is 1. The van der Waals surface area contributed by atoms with Crippen molar-refractivity contribution in [3.8, 4) is 0 Å². The molecule has 1 aliphatic rings. The van der Waals surface area contributed by atoms with Crippen LogP contribution in [0.4, 0.5) is 11.4 Å². The SMILES string of the molecule is C[C@@H](O)[C@@H](CO)NC(=O)c1ccc(/N=N/c2ccc(SC3CCCCC3)cc2)cc1. The molecule has 1 fully saturated rings. The van der Waals surface area contributed by atoms with Crippen molar-refractivity contribution in [1.29, 1.82) is 0 Å². The molecule has 2 aromatic rings. The molecular weight excluding hydrogens is 398 g/mol. The van der Waals surface area contributed by atoms with Gasteiger partial charge in [0.15, 0.2) is 0 Å². The first-order chi connectivity index (χ1) is 14.5. The standard InChI is InChI=1S/C23H29N3O3S/c1-16(28)22(15-27)24-23(29)17-7-9-18(10-8-17)25-26-19-11-13-21(14-12-19)30-20-5-3-2-4-6-20/h7-14,16,20,22,27-28H,2-6,15H2,1H3,(H,24,29)/b26-25+/t16-,22-/m1/s1. The summed E-state index contributed by atoms with van der Waals surface area (Å²) < 4.78 is 0. The maximum absolute atomic E-state index is 12.2. The molecule has 3 rings (SSSR count). The number of nitrogens with zero attached hydrogens (tertiary/aromatic N) is 2. The number of carbonyl (C=O) groups is 1. The first kappa shape index (κ1) is 22.5. The van der Waals surface area contributed by atoms with Crippen LogP contribution >= 0.6 is 11.8 Å². The van der Waals surface area contributed by atoms with Crippen LogP contribution in [0.5, 0.6) is 0 Å². The third kappa shape index (κ3) is 6.65. The van der Waals surface area contributed by atoms with Gasteiger partial charge in [-0.25, -0.2) is 0 Å². The Balaban J connectivity index is 1.55. The van der Waals surface area contributed by atoms with Crippen LogP contribution in [0.1, 0.15) is 49.4 Å². The monoisotopic (exact) mass is 427 g/mol. The maximum atomic E-state index is 12.2. The van der Waals surface area contributed by atoms with E-state index in [1.54, 1.807) is 24.3 Å². The maximum Gasteiger partial charge on any atom is 0.251 e. The lowest BCUT2D eigenvalue weighted by Crippen LogP contribution is -2.44. The molecule has 3 N–H and O–H groups in total. The summed E-state index contributed by atoms with van der Waals surface area (Å²) in [7, 11) is 0. The molecule has 6 nitrogen and oxygen atoms in total. The molecule has 1 aliphatic carbocycles. The molecule has 0 spiro atoms. The number of amides is 1. The molecule has 2 aromatic carbocycles. The number of hydrogen-bond acceptors (Lipinski definition) is 6. The molecule has 7 heteroatoms. The quantitative estimate of drug-likeness (QED) is 0.517. The Morgan fingerprint density at radius 3 is 2.13 bits per heavy atom. The summed E-state index contributed by atoms with van der Waals surface area (Å²) in [6.45, 7) is 1.19. The third-order valence-corrected chi connectivity index (χ3v) is 6.55. The summed E-state index contributed by atoms with van der Waals surface area (Å²) >= 11 is 1.96. The van der Waals surface area contributed by atoms with Crippen molar-refractivity contribution in [1.82, 2.24) is 5.32 Å². The van der Waals surface area contributed by atoms with Gasteiger partial charge in [-0.1, -0.05) is 19.3 Å². The summed E-state index contributed by atoms with van der Waals surface area (Å²) in [5.74, 6) is -0.357. The Labute approximate surface area is 181 Å². The van der Waals surface area contributed by atoms with E-state index in [0.29, 0.717) is 11.3 Å². The van der Waals surface area contributed by atoms with Crippen molar-refractivity contribution in [3.63, 3.8) is 0 Å². The summed E-state index contributed by atoms with van der Waals surface area (Å²) in [4.78, 5) is 13.5. The first-order valence-corrected chi connectivity index (χ1v) is 11.3. The summed E-state index contributed by atoms with van der Waals surface area (Å²) in [6.07, 6.45) is 5.83. The van der Waals surface area contributed by atoms with Crippen LogP contribution in [0.25, 0.3) is 0 Å². The van der Waals surface area contributed by atoms with Crippen LogP contribution < -0.4 is 5.32 Å². The van der Waals surface area contributed by atoms with Gasteiger partial charge < -0.3 is 15.5 Å². The molecule has 0 heterocycles. The minimum Gasteiger partial charge on any atom is -0.394 e. The summed E-state index contributed by atoms with van der Waals surface area (Å²) in [5.41, 5.74) is 1.85. The lowest BCUT2D eigenvalue weighted by molar-refractivity contribution is 0.0758. The van der Waals surface area contributed by atoms with Gasteiger partial charge in [0.2, 0.25) is 0 Å². The molecule has 2 atom stereocenters.